The molecule has 10 aromatic rings. The average molecular weight is 750 g/mol. The first-order valence-electron chi connectivity index (χ1n) is 20.3. The van der Waals surface area contributed by atoms with Crippen molar-refractivity contribution in [1.29, 1.82) is 0 Å². The normalized spacial score (nSPS) is 16.5. The Labute approximate surface area is 335 Å². The molecule has 1 aliphatic carbocycles. The predicted molar refractivity (Wildman–Crippen MR) is 237 cm³/mol. The third-order valence-corrected chi connectivity index (χ3v) is 12.5. The molecule has 278 valence electrons. The smallest absolute Gasteiger partial charge is 0.169 e. The number of pyridine rings is 1. The summed E-state index contributed by atoms with van der Waals surface area (Å²) in [6, 6.07) is 52.4. The summed E-state index contributed by atoms with van der Waals surface area (Å²) >= 11 is 0. The van der Waals surface area contributed by atoms with E-state index in [1.807, 2.05) is 12.1 Å². The first-order valence-corrected chi connectivity index (χ1v) is 20.3. The number of aromatic nitrogens is 3. The van der Waals surface area contributed by atoms with Crippen molar-refractivity contribution in [2.75, 3.05) is 0 Å². The Balaban J connectivity index is 1.13. The number of hydrogen-bond acceptors (Lipinski definition) is 3. The number of fused-ring (bicyclic) bond motifs is 10. The van der Waals surface area contributed by atoms with Gasteiger partial charge in [0, 0.05) is 44.1 Å². The lowest BCUT2D eigenvalue weighted by Crippen LogP contribution is -2.12. The van der Waals surface area contributed by atoms with Gasteiger partial charge in [0.2, 0.25) is 0 Å². The molecule has 0 saturated carbocycles. The number of furan rings is 1. The quantitative estimate of drug-likeness (QED) is 0.165. The van der Waals surface area contributed by atoms with Gasteiger partial charge in [0.05, 0.1) is 51.5 Å². The van der Waals surface area contributed by atoms with Crippen molar-refractivity contribution in [1.82, 2.24) is 14.1 Å². The summed E-state index contributed by atoms with van der Waals surface area (Å²) < 4.78 is 18.8. The molecule has 0 bridgehead atoms. The number of nitrogens with zero attached hydrogens (tertiary/aromatic N) is 3. The third-order valence-electron chi connectivity index (χ3n) is 12.5. The minimum absolute atomic E-state index is 0.270. The van der Waals surface area contributed by atoms with E-state index in [2.05, 4.69) is 168 Å². The van der Waals surface area contributed by atoms with E-state index in [-0.39, 0.29) is 6.04 Å². The molecule has 0 spiro atoms. The Kier molecular flexibility index (Phi) is 7.39. The lowest BCUT2D eigenvalue weighted by Gasteiger charge is -2.23. The lowest BCUT2D eigenvalue weighted by molar-refractivity contribution is 0.175. The Hall–Kier alpha value is -7.11. The first kappa shape index (κ1) is 33.1. The van der Waals surface area contributed by atoms with Crippen LogP contribution in [0.5, 0.6) is 0 Å². The van der Waals surface area contributed by atoms with Crippen molar-refractivity contribution in [3.8, 4) is 28.1 Å². The predicted octanol–water partition coefficient (Wildman–Crippen LogP) is 14.0. The van der Waals surface area contributed by atoms with Crippen molar-refractivity contribution >= 4 is 60.7 Å². The zero-order valence-electron chi connectivity index (χ0n) is 32.1. The summed E-state index contributed by atoms with van der Waals surface area (Å²) in [5, 5.41) is 6.01. The molecule has 2 aliphatic rings. The number of para-hydroxylation sites is 3. The second-order valence-electron chi connectivity index (χ2n) is 15.7. The van der Waals surface area contributed by atoms with Crippen LogP contribution in [0.3, 0.4) is 0 Å². The Bertz CT molecular complexity index is 3310. The maximum absolute atomic E-state index is 7.05. The molecule has 58 heavy (non-hydrogen) atoms. The van der Waals surface area contributed by atoms with E-state index in [4.69, 9.17) is 14.1 Å². The van der Waals surface area contributed by atoms with Crippen molar-refractivity contribution in [3.63, 3.8) is 0 Å². The highest BCUT2D eigenvalue weighted by atomic mass is 16.5. The number of allylic oxidation sites excluding steroid dienone is 2. The van der Waals surface area contributed by atoms with Gasteiger partial charge in [-0.05, 0) is 67.1 Å². The summed E-state index contributed by atoms with van der Waals surface area (Å²) in [5.41, 5.74) is 13.9. The van der Waals surface area contributed by atoms with E-state index in [1.165, 1.54) is 44.5 Å². The molecule has 0 fully saturated rings. The average Bonchev–Trinajstić information content (AvgIpc) is 3.95. The summed E-state index contributed by atoms with van der Waals surface area (Å²) in [6.45, 7) is 2.17. The summed E-state index contributed by atoms with van der Waals surface area (Å²) in [4.78, 5) is 5.39. The van der Waals surface area contributed by atoms with E-state index in [1.54, 1.807) is 6.26 Å². The molecule has 2 atom stereocenters. The number of benzene rings is 6. The van der Waals surface area contributed by atoms with Crippen molar-refractivity contribution in [2.24, 2.45) is 0 Å². The second kappa shape index (κ2) is 13.0. The molecular weight excluding hydrogens is 711 g/mol. The third kappa shape index (κ3) is 4.86. The van der Waals surface area contributed by atoms with Crippen LogP contribution in [0.1, 0.15) is 54.0 Å². The fourth-order valence-electron chi connectivity index (χ4n) is 9.86. The molecular formula is C53H39N3O2. The molecule has 0 amide bonds. The molecule has 5 nitrogen and oxygen atoms in total. The van der Waals surface area contributed by atoms with Crippen LogP contribution in [0.4, 0.5) is 0 Å². The largest absolute Gasteiger partial charge is 0.487 e. The monoisotopic (exact) mass is 749 g/mol. The Morgan fingerprint density at radius 2 is 1.34 bits per heavy atom. The minimum atomic E-state index is -0.479. The van der Waals surface area contributed by atoms with Gasteiger partial charge in [0.15, 0.2) is 11.7 Å². The van der Waals surface area contributed by atoms with Gasteiger partial charge in [-0.1, -0.05) is 133 Å². The van der Waals surface area contributed by atoms with Gasteiger partial charge in [-0.2, -0.15) is 0 Å². The van der Waals surface area contributed by atoms with E-state index < -0.39 is 6.10 Å². The van der Waals surface area contributed by atoms with Crippen LogP contribution in [-0.2, 0) is 4.74 Å². The lowest BCUT2D eigenvalue weighted by atomic mass is 9.92. The van der Waals surface area contributed by atoms with Gasteiger partial charge < -0.3 is 18.3 Å². The summed E-state index contributed by atoms with van der Waals surface area (Å²) in [5.74, 6) is 0.790. The second-order valence-corrected chi connectivity index (χ2v) is 15.7. The van der Waals surface area contributed by atoms with Crippen LogP contribution in [0.15, 0.2) is 168 Å². The maximum atomic E-state index is 7.05. The van der Waals surface area contributed by atoms with Crippen LogP contribution in [0.25, 0.3) is 88.7 Å². The molecule has 4 aromatic heterocycles. The summed E-state index contributed by atoms with van der Waals surface area (Å²) in [7, 11) is 0. The first-order chi connectivity index (χ1) is 28.7. The van der Waals surface area contributed by atoms with E-state index >= 15 is 0 Å². The molecule has 0 saturated heterocycles. The van der Waals surface area contributed by atoms with Gasteiger partial charge in [-0.3, -0.25) is 0 Å². The topological polar surface area (TPSA) is 45.1 Å². The van der Waals surface area contributed by atoms with E-state index in [0.29, 0.717) is 0 Å². The Morgan fingerprint density at radius 1 is 0.655 bits per heavy atom. The standard InChI is InChI=1S/C53H39N3O2/c1-33-42(34-16-5-2-6-17-34)32-43(35-18-7-3-8-19-35)54-49(33)53-48-41-24-15-27-46(52(41)58-47(48)30-31-57-53)56-45-26-14-12-23-38(45)40-29-28-39-37-22-11-13-25-44(37)55(50(39)51(40)56)36-20-9-4-10-21-36/h2-3,5-9,11-20,22-32,36,53H,4,10,21H2,1H3. The summed E-state index contributed by atoms with van der Waals surface area (Å²) in [6.07, 6.45) is 11.5. The molecule has 0 radical (unpaired) electrons. The fraction of sp³-hybridized carbons (Fsp3) is 0.113. The SMILES string of the molecule is Cc1c(-c2ccccc2)cc(-c2ccccc2)nc1C1OC=Cc2oc3c(-n4c5ccccc5c5ccc6c7ccccc7n(C7C=CCCC7)c6c54)cccc3c21. The number of ether oxygens (including phenoxy) is 1. The van der Waals surface area contributed by atoms with Crippen molar-refractivity contribution < 1.29 is 9.15 Å². The van der Waals surface area contributed by atoms with Crippen molar-refractivity contribution in [2.45, 2.75) is 38.3 Å². The highest BCUT2D eigenvalue weighted by Gasteiger charge is 2.32. The van der Waals surface area contributed by atoms with Crippen LogP contribution in [0.2, 0.25) is 0 Å². The number of rotatable bonds is 5. The Morgan fingerprint density at radius 3 is 2.12 bits per heavy atom. The molecule has 5 heterocycles. The van der Waals surface area contributed by atoms with Gasteiger partial charge in [-0.25, -0.2) is 4.98 Å². The molecule has 12 rings (SSSR count). The van der Waals surface area contributed by atoms with Crippen molar-refractivity contribution in [3.05, 3.63) is 187 Å². The maximum Gasteiger partial charge on any atom is 0.169 e. The molecule has 6 aromatic carbocycles. The molecule has 1 aliphatic heterocycles. The van der Waals surface area contributed by atoms with Crippen LogP contribution in [-0.4, -0.2) is 14.1 Å². The van der Waals surface area contributed by atoms with E-state index in [9.17, 15) is 0 Å². The number of hydrogen-bond donors (Lipinski definition) is 0. The van der Waals surface area contributed by atoms with Crippen LogP contribution in [0, 0.1) is 6.92 Å². The highest BCUT2D eigenvalue weighted by Crippen LogP contribution is 2.47. The van der Waals surface area contributed by atoms with Gasteiger partial charge in [0.1, 0.15) is 5.76 Å². The van der Waals surface area contributed by atoms with Crippen LogP contribution < -0.4 is 0 Å². The minimum Gasteiger partial charge on any atom is -0.487 e. The zero-order valence-corrected chi connectivity index (χ0v) is 32.1. The fourth-order valence-corrected chi connectivity index (χ4v) is 9.86. The molecule has 5 heteroatoms. The zero-order chi connectivity index (χ0) is 38.3. The molecule has 2 unspecified atom stereocenters. The molecule has 0 N–H and O–H groups in total. The van der Waals surface area contributed by atoms with Gasteiger partial charge in [0.25, 0.3) is 0 Å². The van der Waals surface area contributed by atoms with Gasteiger partial charge >= 0.3 is 0 Å². The van der Waals surface area contributed by atoms with E-state index in [0.717, 1.165) is 80.0 Å². The van der Waals surface area contributed by atoms with Crippen LogP contribution >= 0.6 is 0 Å². The van der Waals surface area contributed by atoms with Gasteiger partial charge in [-0.15, -0.1) is 0 Å². The highest BCUT2D eigenvalue weighted by molar-refractivity contribution is 6.23.